The summed E-state index contributed by atoms with van der Waals surface area (Å²) < 4.78 is 5.56. The summed E-state index contributed by atoms with van der Waals surface area (Å²) in [5.74, 6) is 2.05. The standard InChI is InChI=1S/C15H22N2O2S/c1-19-15(8-10-20-12-15)11-17-14(18)16-9-7-13-5-3-2-4-6-13/h2-6H,7-12H2,1H3,(H2,16,17,18)/t15-/m1/s1. The van der Waals surface area contributed by atoms with Gasteiger partial charge in [-0.1, -0.05) is 30.3 Å². The van der Waals surface area contributed by atoms with E-state index in [-0.39, 0.29) is 11.6 Å². The fourth-order valence-corrected chi connectivity index (χ4v) is 3.63. The van der Waals surface area contributed by atoms with Gasteiger partial charge in [0.25, 0.3) is 0 Å². The highest BCUT2D eigenvalue weighted by Crippen LogP contribution is 2.30. The van der Waals surface area contributed by atoms with Gasteiger partial charge in [0, 0.05) is 26.0 Å². The maximum Gasteiger partial charge on any atom is 0.314 e. The fraction of sp³-hybridized carbons (Fsp3) is 0.533. The zero-order valence-corrected chi connectivity index (χ0v) is 12.7. The second-order valence-corrected chi connectivity index (χ2v) is 6.14. The van der Waals surface area contributed by atoms with E-state index >= 15 is 0 Å². The first-order valence-electron chi connectivity index (χ1n) is 6.93. The third kappa shape index (κ3) is 4.42. The van der Waals surface area contributed by atoms with Crippen LogP contribution in [0.3, 0.4) is 0 Å². The number of nitrogens with one attached hydrogen (secondary N) is 2. The SMILES string of the molecule is CO[C@@]1(CNC(=O)NCCc2ccccc2)CCSC1. The van der Waals surface area contributed by atoms with Gasteiger partial charge in [0.15, 0.2) is 0 Å². The summed E-state index contributed by atoms with van der Waals surface area (Å²) in [5.41, 5.74) is 1.05. The Morgan fingerprint density at radius 2 is 2.15 bits per heavy atom. The second-order valence-electron chi connectivity index (χ2n) is 5.03. The van der Waals surface area contributed by atoms with Gasteiger partial charge in [0.1, 0.15) is 0 Å². The smallest absolute Gasteiger partial charge is 0.314 e. The highest BCUT2D eigenvalue weighted by atomic mass is 32.2. The molecule has 0 unspecified atom stereocenters. The van der Waals surface area contributed by atoms with Gasteiger partial charge in [-0.05, 0) is 24.2 Å². The molecule has 2 N–H and O–H groups in total. The van der Waals surface area contributed by atoms with Crippen LogP contribution in [0.1, 0.15) is 12.0 Å². The zero-order valence-electron chi connectivity index (χ0n) is 11.9. The lowest BCUT2D eigenvalue weighted by molar-refractivity contribution is 0.0157. The molecule has 0 bridgehead atoms. The van der Waals surface area contributed by atoms with Crippen LogP contribution in [-0.4, -0.2) is 43.3 Å². The third-order valence-corrected chi connectivity index (χ3v) is 4.84. The normalized spacial score (nSPS) is 21.6. The quantitative estimate of drug-likeness (QED) is 0.844. The maximum absolute atomic E-state index is 11.8. The Labute approximate surface area is 124 Å². The largest absolute Gasteiger partial charge is 0.376 e. The van der Waals surface area contributed by atoms with E-state index in [4.69, 9.17) is 4.74 Å². The van der Waals surface area contributed by atoms with Crippen LogP contribution < -0.4 is 10.6 Å². The minimum absolute atomic E-state index is 0.116. The zero-order chi connectivity index (χ0) is 14.3. The molecule has 1 aromatic carbocycles. The lowest BCUT2D eigenvalue weighted by Gasteiger charge is -2.26. The van der Waals surface area contributed by atoms with Crippen molar-refractivity contribution in [2.75, 3.05) is 31.7 Å². The summed E-state index contributed by atoms with van der Waals surface area (Å²) in [6, 6.07) is 10.0. The lowest BCUT2D eigenvalue weighted by atomic mass is 10.0. The number of urea groups is 1. The number of carbonyl (C=O) groups is 1. The van der Waals surface area contributed by atoms with Crippen molar-refractivity contribution >= 4 is 17.8 Å². The number of hydrogen-bond acceptors (Lipinski definition) is 3. The van der Waals surface area contributed by atoms with E-state index in [1.54, 1.807) is 7.11 Å². The number of benzene rings is 1. The molecule has 0 aromatic heterocycles. The molecule has 1 saturated heterocycles. The molecule has 1 aliphatic heterocycles. The number of ether oxygens (including phenoxy) is 1. The van der Waals surface area contributed by atoms with Crippen LogP contribution in [0.5, 0.6) is 0 Å². The average molecular weight is 294 g/mol. The number of carbonyl (C=O) groups excluding carboxylic acids is 1. The molecule has 0 radical (unpaired) electrons. The first kappa shape index (κ1) is 15.2. The predicted octanol–water partition coefficient (Wildman–Crippen LogP) is 2.05. The van der Waals surface area contributed by atoms with Crippen molar-refractivity contribution in [3.63, 3.8) is 0 Å². The van der Waals surface area contributed by atoms with E-state index in [9.17, 15) is 4.79 Å². The minimum atomic E-state index is -0.179. The highest BCUT2D eigenvalue weighted by Gasteiger charge is 2.34. The summed E-state index contributed by atoms with van der Waals surface area (Å²) in [7, 11) is 1.72. The van der Waals surface area contributed by atoms with Crippen molar-refractivity contribution in [1.82, 2.24) is 10.6 Å². The van der Waals surface area contributed by atoms with Crippen molar-refractivity contribution in [2.45, 2.75) is 18.4 Å². The van der Waals surface area contributed by atoms with Gasteiger partial charge in [-0.3, -0.25) is 0 Å². The maximum atomic E-state index is 11.8. The van der Waals surface area contributed by atoms with Gasteiger partial charge in [0.05, 0.1) is 5.60 Å². The predicted molar refractivity (Wildman–Crippen MR) is 83.2 cm³/mol. The summed E-state index contributed by atoms with van der Waals surface area (Å²) in [6.45, 7) is 1.22. The average Bonchev–Trinajstić information content (AvgIpc) is 2.96. The molecule has 2 rings (SSSR count). The van der Waals surface area contributed by atoms with Crippen LogP contribution in [0, 0.1) is 0 Å². The Bertz CT molecular complexity index is 419. The van der Waals surface area contributed by atoms with Crippen molar-refractivity contribution in [1.29, 1.82) is 0 Å². The molecule has 20 heavy (non-hydrogen) atoms. The molecule has 1 heterocycles. The Kier molecular flexibility index (Phi) is 5.73. The summed E-state index contributed by atoms with van der Waals surface area (Å²) in [4.78, 5) is 11.8. The van der Waals surface area contributed by atoms with Gasteiger partial charge >= 0.3 is 6.03 Å². The molecular weight excluding hydrogens is 272 g/mol. The van der Waals surface area contributed by atoms with Crippen molar-refractivity contribution in [2.24, 2.45) is 0 Å². The van der Waals surface area contributed by atoms with Crippen LogP contribution in [0.25, 0.3) is 0 Å². The summed E-state index contributed by atoms with van der Waals surface area (Å²) >= 11 is 1.88. The van der Waals surface area contributed by atoms with Crippen LogP contribution in [-0.2, 0) is 11.2 Å². The van der Waals surface area contributed by atoms with Crippen molar-refractivity contribution in [3.05, 3.63) is 35.9 Å². The number of hydrogen-bond donors (Lipinski definition) is 2. The molecule has 0 spiro atoms. The van der Waals surface area contributed by atoms with E-state index in [1.165, 1.54) is 5.56 Å². The topological polar surface area (TPSA) is 50.4 Å². The van der Waals surface area contributed by atoms with Gasteiger partial charge in [-0.2, -0.15) is 11.8 Å². The molecule has 1 aliphatic rings. The molecule has 5 heteroatoms. The molecule has 1 fully saturated rings. The highest BCUT2D eigenvalue weighted by molar-refractivity contribution is 7.99. The van der Waals surface area contributed by atoms with Gasteiger partial charge in [-0.15, -0.1) is 0 Å². The Morgan fingerprint density at radius 3 is 2.80 bits per heavy atom. The van der Waals surface area contributed by atoms with Crippen LogP contribution in [0.4, 0.5) is 4.79 Å². The molecular formula is C15H22N2O2S. The molecule has 110 valence electrons. The van der Waals surface area contributed by atoms with E-state index in [0.717, 1.165) is 24.3 Å². The van der Waals surface area contributed by atoms with E-state index in [1.807, 2.05) is 30.0 Å². The van der Waals surface area contributed by atoms with E-state index in [0.29, 0.717) is 13.1 Å². The molecule has 0 saturated carbocycles. The van der Waals surface area contributed by atoms with Crippen molar-refractivity contribution in [3.8, 4) is 0 Å². The van der Waals surface area contributed by atoms with E-state index in [2.05, 4.69) is 22.8 Å². The van der Waals surface area contributed by atoms with E-state index < -0.39 is 0 Å². The fourth-order valence-electron chi connectivity index (χ4n) is 2.23. The second kappa shape index (κ2) is 7.55. The minimum Gasteiger partial charge on any atom is -0.376 e. The Hall–Kier alpha value is -1.20. The third-order valence-electron chi connectivity index (χ3n) is 3.61. The number of methoxy groups -OCH3 is 1. The van der Waals surface area contributed by atoms with Crippen molar-refractivity contribution < 1.29 is 9.53 Å². The van der Waals surface area contributed by atoms with Gasteiger partial charge in [-0.25, -0.2) is 4.79 Å². The molecule has 1 atom stereocenters. The van der Waals surface area contributed by atoms with Crippen LogP contribution in [0.2, 0.25) is 0 Å². The molecule has 0 aliphatic carbocycles. The van der Waals surface area contributed by atoms with Gasteiger partial charge in [0.2, 0.25) is 0 Å². The Balaban J connectivity index is 1.65. The molecule has 1 aromatic rings. The number of thioether (sulfide) groups is 1. The summed E-state index contributed by atoms with van der Waals surface area (Å²) in [6.07, 6.45) is 1.85. The first-order chi connectivity index (χ1) is 9.74. The summed E-state index contributed by atoms with van der Waals surface area (Å²) in [5, 5.41) is 5.80. The lowest BCUT2D eigenvalue weighted by Crippen LogP contribution is -2.47. The van der Waals surface area contributed by atoms with Crippen LogP contribution in [0.15, 0.2) is 30.3 Å². The molecule has 2 amide bonds. The first-order valence-corrected chi connectivity index (χ1v) is 8.08. The van der Waals surface area contributed by atoms with Crippen LogP contribution >= 0.6 is 11.8 Å². The number of amides is 2. The molecule has 4 nitrogen and oxygen atoms in total. The Morgan fingerprint density at radius 1 is 1.35 bits per heavy atom. The monoisotopic (exact) mass is 294 g/mol. The number of rotatable bonds is 6. The van der Waals surface area contributed by atoms with Gasteiger partial charge < -0.3 is 15.4 Å².